The van der Waals surface area contributed by atoms with Crippen molar-refractivity contribution in [3.05, 3.63) is 147 Å². The molecule has 0 saturated carbocycles. The summed E-state index contributed by atoms with van der Waals surface area (Å²) < 4.78 is 0. The molecule has 9 heterocycles. The number of nitrogens with one attached hydrogen (secondary N) is 3. The number of ketones is 1. The molecule has 11 rings (SSSR count). The highest BCUT2D eigenvalue weighted by Gasteiger charge is 2.46. The van der Waals surface area contributed by atoms with Crippen LogP contribution in [0.15, 0.2) is 93.6 Å². The molecule has 9 aromatic rings. The van der Waals surface area contributed by atoms with Crippen LogP contribution in [0.5, 0.6) is 5.75 Å². The zero-order valence-electron chi connectivity index (χ0n) is 49.4. The Bertz CT molecular complexity index is 4390. The second-order valence-corrected chi connectivity index (χ2v) is 27.5. The molecule has 10 bridgehead atoms. The number of aliphatic hydroxyl groups is 2. The van der Waals surface area contributed by atoms with Gasteiger partial charge in [0.05, 0.1) is 36.8 Å². The van der Waals surface area contributed by atoms with Crippen LogP contribution in [0.25, 0.3) is 43.4 Å². The highest BCUT2D eigenvalue weighted by molar-refractivity contribution is 7.15. The van der Waals surface area contributed by atoms with Crippen LogP contribution in [0.4, 0.5) is 0 Å². The van der Waals surface area contributed by atoms with Crippen molar-refractivity contribution in [1.82, 2.24) is 60.6 Å². The molecule has 0 spiro atoms. The van der Waals surface area contributed by atoms with Crippen molar-refractivity contribution in [3.63, 3.8) is 0 Å². The minimum atomic E-state index is -1.44. The summed E-state index contributed by atoms with van der Waals surface area (Å²) in [5.41, 5.74) is 7.75. The number of benzene rings is 2. The molecule has 2 aromatic carbocycles. The minimum Gasteiger partial charge on any atom is -0.508 e. The fraction of sp³-hybridized carbons (Fsp3) is 0.279. The fourth-order valence-corrected chi connectivity index (χ4v) is 15.9. The number of carboxylic acids is 2. The molecular formula is C61H55N13O14S6. The summed E-state index contributed by atoms with van der Waals surface area (Å²) in [6.45, 7) is 2.46. The van der Waals surface area contributed by atoms with Gasteiger partial charge in [-0.25, -0.2) is 34.9 Å². The molecule has 2 aliphatic rings. The van der Waals surface area contributed by atoms with Gasteiger partial charge in [0.2, 0.25) is 11.8 Å². The van der Waals surface area contributed by atoms with Crippen LogP contribution < -0.4 is 21.7 Å². The zero-order valence-corrected chi connectivity index (χ0v) is 54.3. The highest BCUT2D eigenvalue weighted by atomic mass is 32.1. The maximum absolute atomic E-state index is 15.2. The normalized spacial score (nSPS) is 18.7. The van der Waals surface area contributed by atoms with E-state index in [-0.39, 0.29) is 92.3 Å². The first kappa shape index (κ1) is 66.0. The number of aromatic nitrogens is 7. The summed E-state index contributed by atoms with van der Waals surface area (Å²) in [4.78, 5) is 157. The van der Waals surface area contributed by atoms with E-state index in [4.69, 9.17) is 25.7 Å². The molecule has 94 heavy (non-hydrogen) atoms. The summed E-state index contributed by atoms with van der Waals surface area (Å²) in [7, 11) is 0. The Labute approximate surface area is 557 Å². The lowest BCUT2D eigenvalue weighted by molar-refractivity contribution is -0.140. The quantitative estimate of drug-likeness (QED) is 0.0458. The van der Waals surface area contributed by atoms with Gasteiger partial charge in [-0.15, -0.1) is 68.0 Å². The van der Waals surface area contributed by atoms with E-state index in [1.165, 1.54) is 55.8 Å². The lowest BCUT2D eigenvalue weighted by Gasteiger charge is -2.29. The maximum Gasteiger partial charge on any atom is 0.310 e. The molecule has 10 N–H and O–H groups in total. The van der Waals surface area contributed by atoms with Crippen LogP contribution in [-0.4, -0.2) is 155 Å². The molecule has 1 unspecified atom stereocenters. The van der Waals surface area contributed by atoms with Gasteiger partial charge < -0.3 is 57.0 Å². The number of carbonyl (C=O) groups is 9. The number of Topliss-reactive ketones (excluding diaryl/α,β-unsaturated/α-hetero) is 1. The van der Waals surface area contributed by atoms with Crippen LogP contribution in [0.2, 0.25) is 0 Å². The third-order valence-electron chi connectivity index (χ3n) is 15.3. The zero-order chi connectivity index (χ0) is 66.6. The number of phenolic OH excluding ortho intramolecular Hbond substituents is 1. The molecule has 0 aliphatic carbocycles. The van der Waals surface area contributed by atoms with Gasteiger partial charge in [0.1, 0.15) is 100 Å². The predicted octanol–water partition coefficient (Wildman–Crippen LogP) is 6.64. The van der Waals surface area contributed by atoms with Crippen molar-refractivity contribution < 1.29 is 68.7 Å². The molecule has 27 nitrogen and oxygen atoms in total. The largest absolute Gasteiger partial charge is 0.508 e. The molecule has 0 radical (unpaired) electrons. The number of aromatic hydroxyl groups is 1. The third kappa shape index (κ3) is 14.8. The van der Waals surface area contributed by atoms with E-state index in [2.05, 4.69) is 30.9 Å². The van der Waals surface area contributed by atoms with E-state index in [1.807, 2.05) is 0 Å². The number of pyridine rings is 1. The summed E-state index contributed by atoms with van der Waals surface area (Å²) in [5, 5.41) is 70.1. The number of amides is 6. The molecule has 1 fully saturated rings. The summed E-state index contributed by atoms with van der Waals surface area (Å²) in [6.07, 6.45) is -4.21. The number of aryl methyl sites for hydroxylation is 1. The molecule has 6 amide bonds. The molecule has 7 atom stereocenters. The Balaban J connectivity index is 0.997. The van der Waals surface area contributed by atoms with Gasteiger partial charge in [-0.3, -0.25) is 43.2 Å². The summed E-state index contributed by atoms with van der Waals surface area (Å²) in [6, 6.07) is 13.2. The first-order chi connectivity index (χ1) is 45.0. The van der Waals surface area contributed by atoms with Crippen LogP contribution >= 0.6 is 68.0 Å². The van der Waals surface area contributed by atoms with E-state index in [9.17, 15) is 63.9 Å². The number of hydrogen-bond acceptors (Lipinski definition) is 25. The number of rotatable bonds is 16. The fourth-order valence-electron chi connectivity index (χ4n) is 10.6. The SMILES string of the molecule is Cc1sc2nc1C(=O)NC([C@H](O)c1ccccc1)c1nc(cs1)C(=O)N[C@@H](Cc1ccc(O)cc1)C(=O)N1C[C@H](O)[C@H](C)[C@H]1c1nc(cs1)-c1nc(cs1)-c1nc(-c3nc(C(=O)N(CCCC(=O)O)CC(=O)CC(=O)O)cs3)ccc1-c1nc(cs1)C(=O)N[C@H]2CC(N)=O. The average Bonchev–Trinajstić information content (AvgIpc) is 1.61. The number of primary amides is 1. The van der Waals surface area contributed by atoms with E-state index < -0.39 is 115 Å². The molecule has 1 saturated heterocycles. The van der Waals surface area contributed by atoms with Crippen molar-refractivity contribution in [3.8, 4) is 49.1 Å². The number of fused-ring (bicyclic) bond motifs is 16. The van der Waals surface area contributed by atoms with E-state index >= 15 is 4.79 Å². The number of hydrogen-bond donors (Lipinski definition) is 9. The molecule has 33 heteroatoms. The van der Waals surface area contributed by atoms with E-state index in [0.717, 1.165) is 50.2 Å². The van der Waals surface area contributed by atoms with Crippen LogP contribution in [-0.2, 0) is 30.4 Å². The maximum atomic E-state index is 15.2. The van der Waals surface area contributed by atoms with Crippen LogP contribution in [0, 0.1) is 12.8 Å². The third-order valence-corrected chi connectivity index (χ3v) is 20.8. The standard InChI is InChI=1S/C61H55N13O14S6/c1-27-42(77)21-74-49(27)59-69-40(25-93-59)56-66-37(22-90-56)47-33(14-15-34(63-47)55-70-41(26-91-55)60(87)73(16-6-9-44(79)80)20-32(76)18-45(81)82)54-67-38(23-89-54)51(84)64-35(19-43(62)78)57-72-46(28(2)94-57)53(86)71-48(50(83)30-7-4-3-5-8-30)58-68-39(24-92-58)52(85)65-36(61(74)88)17-29-10-12-31(75)13-11-29/h3-5,7-8,10-15,22-27,35-36,42,48-50,75,77,83H,6,9,16-21H2,1-2H3,(H2,62,78)(H,64,84)(H,65,85)(H,71,86)(H,79,80)(H,81,82)/t27-,35-,36-,42-,48?,49-,50+/m0/s1. The van der Waals surface area contributed by atoms with Gasteiger partial charge in [-0.2, -0.15) is 0 Å². The van der Waals surface area contributed by atoms with Gasteiger partial charge in [0, 0.05) is 69.2 Å². The Morgan fingerprint density at radius 3 is 2.06 bits per heavy atom. The van der Waals surface area contributed by atoms with Crippen molar-refractivity contribution in [2.24, 2.45) is 11.7 Å². The average molecular weight is 1390 g/mol. The number of carboxylic acid groups (broad SMARTS) is 2. The van der Waals surface area contributed by atoms with Crippen molar-refractivity contribution in [1.29, 1.82) is 0 Å². The summed E-state index contributed by atoms with van der Waals surface area (Å²) in [5.74, 6) is -8.37. The Hall–Kier alpha value is -9.48. The minimum absolute atomic E-state index is 0.0289. The second-order valence-electron chi connectivity index (χ2n) is 21.9. The number of aliphatic carboxylic acids is 2. The van der Waals surface area contributed by atoms with Crippen LogP contribution in [0.3, 0.4) is 0 Å². The Kier molecular flexibility index (Phi) is 19.9. The number of nitrogens with two attached hydrogens (primary N) is 1. The van der Waals surface area contributed by atoms with Gasteiger partial charge in [-0.05, 0) is 48.7 Å². The molecule has 2 aliphatic heterocycles. The number of phenols is 1. The smallest absolute Gasteiger partial charge is 0.310 e. The molecular weight excluding hydrogens is 1330 g/mol. The van der Waals surface area contributed by atoms with Gasteiger partial charge in [-0.1, -0.05) is 49.4 Å². The van der Waals surface area contributed by atoms with Gasteiger partial charge in [0.25, 0.3) is 23.6 Å². The molecule has 7 aromatic heterocycles. The Morgan fingerprint density at radius 1 is 0.681 bits per heavy atom. The van der Waals surface area contributed by atoms with Crippen molar-refractivity contribution in [2.45, 2.75) is 82.3 Å². The number of thiazole rings is 6. The highest BCUT2D eigenvalue weighted by Crippen LogP contribution is 2.43. The van der Waals surface area contributed by atoms with Crippen molar-refractivity contribution >= 4 is 121 Å². The first-order valence-corrected chi connectivity index (χ1v) is 34.0. The topological polar surface area (TPSA) is 414 Å². The predicted molar refractivity (Wildman–Crippen MR) is 346 cm³/mol. The lowest BCUT2D eigenvalue weighted by Crippen LogP contribution is -2.50. The Morgan fingerprint density at radius 2 is 1.33 bits per heavy atom. The monoisotopic (exact) mass is 1390 g/mol. The van der Waals surface area contributed by atoms with E-state index in [1.54, 1.807) is 79.2 Å². The second kappa shape index (κ2) is 28.4. The molecule has 484 valence electrons. The lowest BCUT2D eigenvalue weighted by atomic mass is 10.00. The van der Waals surface area contributed by atoms with Crippen LogP contribution in [0.1, 0.15) is 130 Å². The van der Waals surface area contributed by atoms with Gasteiger partial charge in [0.15, 0.2) is 5.78 Å². The summed E-state index contributed by atoms with van der Waals surface area (Å²) >= 11 is 6.49. The first-order valence-electron chi connectivity index (χ1n) is 28.8. The van der Waals surface area contributed by atoms with E-state index in [0.29, 0.717) is 43.0 Å². The number of aliphatic hydroxyl groups excluding tert-OH is 2. The van der Waals surface area contributed by atoms with Gasteiger partial charge >= 0.3 is 11.9 Å². The number of carbonyl (C=O) groups excluding carboxylic acids is 7. The number of nitrogens with zero attached hydrogens (tertiary/aromatic N) is 9. The van der Waals surface area contributed by atoms with Crippen molar-refractivity contribution in [2.75, 3.05) is 19.6 Å².